The van der Waals surface area contributed by atoms with Crippen LogP contribution in [0.4, 0.5) is 0 Å². The molecule has 0 bridgehead atoms. The van der Waals surface area contributed by atoms with Crippen molar-refractivity contribution in [1.82, 2.24) is 0 Å². The van der Waals surface area contributed by atoms with Gasteiger partial charge in [0.05, 0.1) is 6.10 Å². The van der Waals surface area contributed by atoms with Crippen LogP contribution in [0.5, 0.6) is 0 Å². The molecule has 2 fully saturated rings. The number of hydrogen-bond donors (Lipinski definition) is 7. The van der Waals surface area contributed by atoms with Gasteiger partial charge in [-0.2, -0.15) is 0 Å². The van der Waals surface area contributed by atoms with Crippen LogP contribution >= 0.6 is 0 Å². The molecule has 0 aromatic heterocycles. The molecule has 0 aliphatic carbocycles. The molecule has 11 heteroatoms. The molecule has 2 saturated heterocycles. The van der Waals surface area contributed by atoms with Crippen molar-refractivity contribution in [3.63, 3.8) is 0 Å². The van der Waals surface area contributed by atoms with Crippen LogP contribution in [0.3, 0.4) is 0 Å². The minimum Gasteiger partial charge on any atom is -0.479 e. The molecule has 2 aliphatic rings. The molecule has 2 rings (SSSR count). The van der Waals surface area contributed by atoms with Gasteiger partial charge in [0.25, 0.3) is 0 Å². The van der Waals surface area contributed by atoms with E-state index in [9.17, 15) is 35.4 Å². The number of aliphatic carboxylic acids is 1. The maximum Gasteiger partial charge on any atom is 0.335 e. The predicted molar refractivity (Wildman–Crippen MR) is 67.8 cm³/mol. The highest BCUT2D eigenvalue weighted by Gasteiger charge is 2.50. The lowest BCUT2D eigenvalue weighted by Gasteiger charge is -2.43. The first-order valence-electron chi connectivity index (χ1n) is 6.92. The first-order valence-corrected chi connectivity index (χ1v) is 6.92. The van der Waals surface area contributed by atoms with Crippen molar-refractivity contribution in [3.8, 4) is 0 Å². The average molecular weight is 340 g/mol. The van der Waals surface area contributed by atoms with Crippen LogP contribution in [0, 0.1) is 0 Å². The van der Waals surface area contributed by atoms with Crippen molar-refractivity contribution >= 4 is 5.97 Å². The van der Waals surface area contributed by atoms with Gasteiger partial charge in [-0.3, -0.25) is 0 Å². The van der Waals surface area contributed by atoms with Crippen LogP contribution in [-0.4, -0.2) is 103 Å². The number of ether oxygens (including phenoxy) is 3. The van der Waals surface area contributed by atoms with Gasteiger partial charge in [0.15, 0.2) is 18.7 Å². The monoisotopic (exact) mass is 340 g/mol. The zero-order valence-corrected chi connectivity index (χ0v) is 12.0. The molecule has 134 valence electrons. The number of hydrogen-bond acceptors (Lipinski definition) is 10. The summed E-state index contributed by atoms with van der Waals surface area (Å²) in [7, 11) is 0. The molecule has 11 nitrogen and oxygen atoms in total. The van der Waals surface area contributed by atoms with E-state index in [0.717, 1.165) is 0 Å². The molecule has 23 heavy (non-hydrogen) atoms. The van der Waals surface area contributed by atoms with Gasteiger partial charge in [-0.1, -0.05) is 0 Å². The predicted octanol–water partition coefficient (Wildman–Crippen LogP) is -4.28. The summed E-state index contributed by atoms with van der Waals surface area (Å²) in [6.07, 6.45) is -16.4. The second kappa shape index (κ2) is 6.93. The number of carboxylic acids is 1. The van der Waals surface area contributed by atoms with Crippen LogP contribution < -0.4 is 0 Å². The van der Waals surface area contributed by atoms with Crippen LogP contribution in [0.1, 0.15) is 6.92 Å². The van der Waals surface area contributed by atoms with Gasteiger partial charge in [0.1, 0.15) is 36.6 Å². The smallest absolute Gasteiger partial charge is 0.335 e. The number of aliphatic hydroxyl groups is 6. The molecule has 0 aromatic rings. The summed E-state index contributed by atoms with van der Waals surface area (Å²) in [5.41, 5.74) is 0. The highest BCUT2D eigenvalue weighted by atomic mass is 16.8. The number of rotatable bonds is 3. The standard InChI is InChI=1S/C12H20O11/c1-2-3(13)4(14)7(17)11(21-2)23-12-8(18)5(15)6(16)9(22-12)10(19)20/h2-9,11-18H,1H3,(H,19,20)/t2-,3-,4+,5+,6+,7-,8-,9+,11?,12?/m1/s1. The quantitative estimate of drug-likeness (QED) is 0.263. The van der Waals surface area contributed by atoms with E-state index in [1.165, 1.54) is 6.92 Å². The summed E-state index contributed by atoms with van der Waals surface area (Å²) < 4.78 is 15.1. The van der Waals surface area contributed by atoms with Crippen molar-refractivity contribution < 1.29 is 54.8 Å². The van der Waals surface area contributed by atoms with Gasteiger partial charge in [0, 0.05) is 0 Å². The third kappa shape index (κ3) is 3.47. The van der Waals surface area contributed by atoms with Crippen molar-refractivity contribution in [3.05, 3.63) is 0 Å². The third-order valence-corrected chi connectivity index (χ3v) is 3.89. The topological polar surface area (TPSA) is 186 Å². The van der Waals surface area contributed by atoms with E-state index in [-0.39, 0.29) is 0 Å². The van der Waals surface area contributed by atoms with Gasteiger partial charge < -0.3 is 50.0 Å². The molecule has 10 atom stereocenters. The summed E-state index contributed by atoms with van der Waals surface area (Å²) in [6.45, 7) is 1.40. The van der Waals surface area contributed by atoms with E-state index in [4.69, 9.17) is 19.3 Å². The second-order valence-corrected chi connectivity index (χ2v) is 5.55. The first kappa shape index (κ1) is 18.4. The second-order valence-electron chi connectivity index (χ2n) is 5.55. The minimum atomic E-state index is -1.88. The zero-order chi connectivity index (χ0) is 17.5. The molecule has 2 unspecified atom stereocenters. The highest BCUT2D eigenvalue weighted by molar-refractivity contribution is 5.73. The molecular weight excluding hydrogens is 320 g/mol. The van der Waals surface area contributed by atoms with Crippen LogP contribution in [0.25, 0.3) is 0 Å². The SMILES string of the molecule is C[C@H]1OC(OC2O[C@H](C(=O)O)[C@@H](O)[C@H](O)[C@H]2O)[C@H](O)[C@@H](O)[C@@H]1O. The van der Waals surface area contributed by atoms with E-state index in [2.05, 4.69) is 0 Å². The van der Waals surface area contributed by atoms with Crippen LogP contribution in [0.2, 0.25) is 0 Å². The Morgan fingerprint density at radius 3 is 1.78 bits per heavy atom. The summed E-state index contributed by atoms with van der Waals surface area (Å²) in [5.74, 6) is -1.59. The number of carboxylic acid groups (broad SMARTS) is 1. The molecule has 0 spiro atoms. The van der Waals surface area contributed by atoms with Gasteiger partial charge in [-0.25, -0.2) is 4.79 Å². The average Bonchev–Trinajstić information content (AvgIpc) is 2.50. The molecule has 0 aromatic carbocycles. The van der Waals surface area contributed by atoms with Gasteiger partial charge in [-0.15, -0.1) is 0 Å². The number of aliphatic hydroxyl groups excluding tert-OH is 6. The Labute approximate surface area is 130 Å². The van der Waals surface area contributed by atoms with Crippen molar-refractivity contribution in [2.45, 2.75) is 68.3 Å². The van der Waals surface area contributed by atoms with Gasteiger partial charge in [0.2, 0.25) is 0 Å². The van der Waals surface area contributed by atoms with Gasteiger partial charge >= 0.3 is 5.97 Å². The lowest BCUT2D eigenvalue weighted by Crippen LogP contribution is -2.63. The van der Waals surface area contributed by atoms with Crippen molar-refractivity contribution in [2.24, 2.45) is 0 Å². The van der Waals surface area contributed by atoms with Crippen molar-refractivity contribution in [1.29, 1.82) is 0 Å². The summed E-state index contributed by atoms with van der Waals surface area (Å²) in [4.78, 5) is 11.0. The molecule has 0 amide bonds. The Bertz CT molecular complexity index is 431. The normalized spacial score (nSPS) is 51.4. The molecule has 2 aliphatic heterocycles. The fourth-order valence-electron chi connectivity index (χ4n) is 2.42. The molecule has 7 N–H and O–H groups in total. The summed E-state index contributed by atoms with van der Waals surface area (Å²) >= 11 is 0. The van der Waals surface area contributed by atoms with Crippen LogP contribution in [0.15, 0.2) is 0 Å². The zero-order valence-electron chi connectivity index (χ0n) is 12.0. The molecule has 0 radical (unpaired) electrons. The Hall–Kier alpha value is -0.890. The fraction of sp³-hybridized carbons (Fsp3) is 0.917. The maximum absolute atomic E-state index is 11.0. The molecular formula is C12H20O11. The Morgan fingerprint density at radius 2 is 1.26 bits per heavy atom. The van der Waals surface area contributed by atoms with Gasteiger partial charge in [-0.05, 0) is 6.92 Å². The fourth-order valence-corrected chi connectivity index (χ4v) is 2.42. The minimum absolute atomic E-state index is 0.926. The van der Waals surface area contributed by atoms with E-state index >= 15 is 0 Å². The number of carbonyl (C=O) groups is 1. The van der Waals surface area contributed by atoms with E-state index in [0.29, 0.717) is 0 Å². The van der Waals surface area contributed by atoms with E-state index in [1.807, 2.05) is 0 Å². The summed E-state index contributed by atoms with van der Waals surface area (Å²) in [5, 5.41) is 67.0. The lowest BCUT2D eigenvalue weighted by atomic mass is 9.98. The third-order valence-electron chi connectivity index (χ3n) is 3.89. The van der Waals surface area contributed by atoms with Crippen molar-refractivity contribution in [2.75, 3.05) is 0 Å². The Kier molecular flexibility index (Phi) is 5.56. The largest absolute Gasteiger partial charge is 0.479 e. The maximum atomic E-state index is 11.0. The highest BCUT2D eigenvalue weighted by Crippen LogP contribution is 2.28. The van der Waals surface area contributed by atoms with E-state index in [1.54, 1.807) is 0 Å². The molecule has 0 saturated carbocycles. The lowest BCUT2D eigenvalue weighted by molar-refractivity contribution is -0.369. The van der Waals surface area contributed by atoms with E-state index < -0.39 is 67.4 Å². The summed E-state index contributed by atoms with van der Waals surface area (Å²) in [6, 6.07) is 0. The Morgan fingerprint density at radius 1 is 0.783 bits per heavy atom. The first-order chi connectivity index (χ1) is 10.6. The molecule has 2 heterocycles. The Balaban J connectivity index is 2.10. The van der Waals surface area contributed by atoms with Crippen LogP contribution in [-0.2, 0) is 19.0 Å².